The van der Waals surface area contributed by atoms with Gasteiger partial charge in [0.25, 0.3) is 0 Å². The summed E-state index contributed by atoms with van der Waals surface area (Å²) in [5.41, 5.74) is 0.303. The van der Waals surface area contributed by atoms with Crippen LogP contribution in [0.3, 0.4) is 0 Å². The minimum absolute atomic E-state index is 0.0208. The Balaban J connectivity index is 1.95. The molecule has 0 bridgehead atoms. The number of hydrogen-bond donors (Lipinski definition) is 2. The van der Waals surface area contributed by atoms with Crippen LogP contribution in [0.15, 0.2) is 18.2 Å². The van der Waals surface area contributed by atoms with Gasteiger partial charge in [-0.2, -0.15) is 0 Å². The van der Waals surface area contributed by atoms with Crippen LogP contribution < -0.4 is 10.6 Å². The first-order chi connectivity index (χ1) is 9.35. The molecule has 2 rings (SSSR count). The van der Waals surface area contributed by atoms with Crippen molar-refractivity contribution < 1.29 is 17.6 Å². The summed E-state index contributed by atoms with van der Waals surface area (Å²) in [7, 11) is -3.08. The summed E-state index contributed by atoms with van der Waals surface area (Å²) < 4.78 is 35.8. The number of benzene rings is 1. The molecule has 1 amide bonds. The summed E-state index contributed by atoms with van der Waals surface area (Å²) >= 11 is 5.80. The van der Waals surface area contributed by atoms with Gasteiger partial charge in [0.2, 0.25) is 5.91 Å². The molecule has 2 N–H and O–H groups in total. The van der Waals surface area contributed by atoms with Crippen molar-refractivity contribution in [3.8, 4) is 0 Å². The van der Waals surface area contributed by atoms with E-state index in [0.717, 1.165) is 6.07 Å². The number of rotatable bonds is 3. The lowest BCUT2D eigenvalue weighted by Crippen LogP contribution is -2.46. The van der Waals surface area contributed by atoms with Gasteiger partial charge in [-0.25, -0.2) is 12.8 Å². The lowest BCUT2D eigenvalue weighted by Gasteiger charge is -2.23. The van der Waals surface area contributed by atoms with Gasteiger partial charge < -0.3 is 10.6 Å². The fraction of sp³-hybridized carbons (Fsp3) is 0.417. The maximum absolute atomic E-state index is 12.9. The van der Waals surface area contributed by atoms with Crippen molar-refractivity contribution in [3.63, 3.8) is 0 Å². The van der Waals surface area contributed by atoms with Crippen LogP contribution in [0.1, 0.15) is 6.42 Å². The highest BCUT2D eigenvalue weighted by Crippen LogP contribution is 2.22. The zero-order valence-corrected chi connectivity index (χ0v) is 12.1. The van der Waals surface area contributed by atoms with Gasteiger partial charge in [0, 0.05) is 19.0 Å². The van der Waals surface area contributed by atoms with Gasteiger partial charge in [-0.05, 0) is 18.2 Å². The fourth-order valence-electron chi connectivity index (χ4n) is 2.01. The number of anilines is 1. The molecule has 110 valence electrons. The summed E-state index contributed by atoms with van der Waals surface area (Å²) in [6.45, 7) is 0.345. The molecule has 1 atom stereocenters. The maximum Gasteiger partial charge on any atom is 0.226 e. The molecule has 1 aliphatic heterocycles. The van der Waals surface area contributed by atoms with Gasteiger partial charge in [0.05, 0.1) is 22.2 Å². The number of halogens is 2. The van der Waals surface area contributed by atoms with E-state index in [1.54, 1.807) is 0 Å². The van der Waals surface area contributed by atoms with Crippen LogP contribution in [0.4, 0.5) is 10.1 Å². The minimum atomic E-state index is -3.08. The molecule has 0 radical (unpaired) electrons. The Morgan fingerprint density at radius 2 is 2.25 bits per heavy atom. The third-order valence-electron chi connectivity index (χ3n) is 2.94. The molecule has 0 aromatic heterocycles. The summed E-state index contributed by atoms with van der Waals surface area (Å²) in [5, 5.41) is 5.62. The van der Waals surface area contributed by atoms with Crippen molar-refractivity contribution in [2.45, 2.75) is 12.5 Å². The molecule has 1 saturated heterocycles. The molecule has 1 heterocycles. The van der Waals surface area contributed by atoms with Crippen molar-refractivity contribution in [3.05, 3.63) is 29.0 Å². The van der Waals surface area contributed by atoms with E-state index in [1.807, 2.05) is 0 Å². The third-order valence-corrected chi connectivity index (χ3v) is 4.99. The molecule has 1 unspecified atom stereocenters. The van der Waals surface area contributed by atoms with Crippen molar-refractivity contribution >= 4 is 33.0 Å². The molecule has 1 aromatic rings. The van der Waals surface area contributed by atoms with E-state index in [9.17, 15) is 17.6 Å². The van der Waals surface area contributed by atoms with Gasteiger partial charge in [-0.15, -0.1) is 0 Å². The highest BCUT2D eigenvalue weighted by molar-refractivity contribution is 7.91. The standard InChI is InChI=1S/C12H14ClFN2O3S/c13-10-5-8(14)1-2-11(10)16-12(17)6-9-7-20(18,19)4-3-15-9/h1-2,5,9,15H,3-4,6-7H2,(H,16,17). The highest BCUT2D eigenvalue weighted by atomic mass is 35.5. The van der Waals surface area contributed by atoms with E-state index in [2.05, 4.69) is 10.6 Å². The van der Waals surface area contributed by atoms with Gasteiger partial charge in [0.1, 0.15) is 5.82 Å². The van der Waals surface area contributed by atoms with E-state index in [4.69, 9.17) is 11.6 Å². The second-order valence-corrected chi connectivity index (χ2v) is 7.28. The number of nitrogens with one attached hydrogen (secondary N) is 2. The zero-order valence-electron chi connectivity index (χ0n) is 10.5. The van der Waals surface area contributed by atoms with Crippen molar-refractivity contribution in [2.24, 2.45) is 0 Å². The zero-order chi connectivity index (χ0) is 14.8. The summed E-state index contributed by atoms with van der Waals surface area (Å²) in [5.74, 6) is -0.826. The van der Waals surface area contributed by atoms with Crippen LogP contribution in [0.25, 0.3) is 0 Å². The molecule has 1 aliphatic rings. The lowest BCUT2D eigenvalue weighted by atomic mass is 10.2. The minimum Gasteiger partial charge on any atom is -0.325 e. The predicted octanol–water partition coefficient (Wildman–Crippen LogP) is 1.19. The Bertz CT molecular complexity index is 621. The summed E-state index contributed by atoms with van der Waals surface area (Å²) in [6, 6.07) is 3.24. The first-order valence-corrected chi connectivity index (χ1v) is 8.24. The van der Waals surface area contributed by atoms with Crippen LogP contribution >= 0.6 is 11.6 Å². The fourth-order valence-corrected chi connectivity index (χ4v) is 3.67. The summed E-state index contributed by atoms with van der Waals surface area (Å²) in [4.78, 5) is 11.8. The SMILES string of the molecule is O=C(CC1CS(=O)(=O)CCN1)Nc1ccc(F)cc1Cl. The number of carbonyl (C=O) groups excluding carboxylic acids is 1. The van der Waals surface area contributed by atoms with Crippen LogP contribution in [0.5, 0.6) is 0 Å². The highest BCUT2D eigenvalue weighted by Gasteiger charge is 2.26. The normalized spacial score (nSPS) is 21.4. The van der Waals surface area contributed by atoms with Crippen LogP contribution in [-0.4, -0.2) is 38.4 Å². The third kappa shape index (κ3) is 4.16. The Hall–Kier alpha value is -1.18. The average Bonchev–Trinajstić information content (AvgIpc) is 2.31. The Kier molecular flexibility index (Phi) is 4.62. The van der Waals surface area contributed by atoms with E-state index in [1.165, 1.54) is 12.1 Å². The Morgan fingerprint density at radius 1 is 1.50 bits per heavy atom. The van der Waals surface area contributed by atoms with Gasteiger partial charge in [0.15, 0.2) is 9.84 Å². The predicted molar refractivity (Wildman–Crippen MR) is 75.1 cm³/mol. The monoisotopic (exact) mass is 320 g/mol. The largest absolute Gasteiger partial charge is 0.325 e. The lowest BCUT2D eigenvalue weighted by molar-refractivity contribution is -0.116. The average molecular weight is 321 g/mol. The van der Waals surface area contributed by atoms with Crippen molar-refractivity contribution in [1.29, 1.82) is 0 Å². The van der Waals surface area contributed by atoms with Crippen LogP contribution in [0, 0.1) is 5.82 Å². The van der Waals surface area contributed by atoms with E-state index in [0.29, 0.717) is 12.2 Å². The molecule has 0 saturated carbocycles. The summed E-state index contributed by atoms with van der Waals surface area (Å²) in [6.07, 6.45) is 0.0208. The van der Waals surface area contributed by atoms with Gasteiger partial charge in [-0.1, -0.05) is 11.6 Å². The molecule has 0 aliphatic carbocycles. The van der Waals surface area contributed by atoms with Gasteiger partial charge >= 0.3 is 0 Å². The topological polar surface area (TPSA) is 75.3 Å². The molecular weight excluding hydrogens is 307 g/mol. The Labute approximate surface area is 121 Å². The van der Waals surface area contributed by atoms with Crippen molar-refractivity contribution in [2.75, 3.05) is 23.4 Å². The molecular formula is C12H14ClFN2O3S. The van der Waals surface area contributed by atoms with Crippen molar-refractivity contribution in [1.82, 2.24) is 5.32 Å². The molecule has 1 fully saturated rings. The second-order valence-electron chi connectivity index (χ2n) is 4.64. The molecule has 0 spiro atoms. The number of carbonyl (C=O) groups is 1. The quantitative estimate of drug-likeness (QED) is 0.877. The molecule has 8 heteroatoms. The Morgan fingerprint density at radius 3 is 2.90 bits per heavy atom. The smallest absolute Gasteiger partial charge is 0.226 e. The first kappa shape index (κ1) is 15.2. The number of hydrogen-bond acceptors (Lipinski definition) is 4. The number of amides is 1. The van der Waals surface area contributed by atoms with E-state index < -0.39 is 21.7 Å². The molecule has 20 heavy (non-hydrogen) atoms. The maximum atomic E-state index is 12.9. The molecule has 1 aromatic carbocycles. The van der Waals surface area contributed by atoms with E-state index in [-0.39, 0.29) is 28.9 Å². The molecule has 5 nitrogen and oxygen atoms in total. The van der Waals surface area contributed by atoms with Crippen LogP contribution in [-0.2, 0) is 14.6 Å². The number of sulfone groups is 1. The van der Waals surface area contributed by atoms with E-state index >= 15 is 0 Å². The van der Waals surface area contributed by atoms with Gasteiger partial charge in [-0.3, -0.25) is 4.79 Å². The van der Waals surface area contributed by atoms with Crippen LogP contribution in [0.2, 0.25) is 5.02 Å². The second kappa shape index (κ2) is 6.07. The first-order valence-electron chi connectivity index (χ1n) is 6.04.